The number of nitrogens with zero attached hydrogens (tertiary/aromatic N) is 1. The number of rotatable bonds is 13. The quantitative estimate of drug-likeness (QED) is 0.125. The van der Waals surface area contributed by atoms with Crippen molar-refractivity contribution >= 4 is 41.8 Å². The predicted octanol–water partition coefficient (Wildman–Crippen LogP) is 4.82. The van der Waals surface area contributed by atoms with Gasteiger partial charge in [0.05, 0.1) is 0 Å². The summed E-state index contributed by atoms with van der Waals surface area (Å²) in [5, 5.41) is 15.3. The largest absolute Gasteiger partial charge is 0.510 e. The molecule has 14 heteroatoms. The number of aliphatic hydroxyl groups excluding tert-OH is 1. The minimum absolute atomic E-state index is 0.0396. The SMILES string of the molecule is CC(C)(C)OC(=O)NC(CCCC(=O)N[C@@H]1C(=O)N2C(OC(=O)OCc3ccccc3)C(O)CS[C@@H]12)C(=O)OC(c1ccccc1)c1ccccc1. The maximum Gasteiger partial charge on any atom is 0.510 e. The summed E-state index contributed by atoms with van der Waals surface area (Å²) < 4.78 is 21.9. The first kappa shape index (κ1) is 38.2. The van der Waals surface area contributed by atoms with E-state index >= 15 is 0 Å². The van der Waals surface area contributed by atoms with Gasteiger partial charge in [0.15, 0.2) is 6.10 Å². The molecule has 2 aliphatic heterocycles. The Hall–Kier alpha value is -5.08. The van der Waals surface area contributed by atoms with Crippen LogP contribution in [-0.4, -0.2) is 81.2 Å². The highest BCUT2D eigenvalue weighted by Gasteiger charge is 2.57. The van der Waals surface area contributed by atoms with E-state index in [0.29, 0.717) is 0 Å². The van der Waals surface area contributed by atoms with Crippen molar-refractivity contribution in [2.75, 3.05) is 5.75 Å². The third kappa shape index (κ3) is 10.3. The molecule has 5 rings (SSSR count). The van der Waals surface area contributed by atoms with Gasteiger partial charge in [0.1, 0.15) is 35.8 Å². The van der Waals surface area contributed by atoms with Crippen molar-refractivity contribution in [3.05, 3.63) is 108 Å². The topological polar surface area (TPSA) is 170 Å². The van der Waals surface area contributed by atoms with E-state index in [0.717, 1.165) is 16.7 Å². The number of thioether (sulfide) groups is 1. The van der Waals surface area contributed by atoms with Gasteiger partial charge in [-0.1, -0.05) is 91.0 Å². The molecule has 3 aromatic rings. The molecule has 2 saturated heterocycles. The molecule has 0 aliphatic carbocycles. The number of ether oxygens (including phenoxy) is 4. The zero-order valence-corrected chi connectivity index (χ0v) is 30.0. The molecule has 0 bridgehead atoms. The molecule has 3 N–H and O–H groups in total. The average Bonchev–Trinajstić information content (AvgIpc) is 3.12. The Morgan fingerprint density at radius 2 is 1.52 bits per heavy atom. The molecule has 3 unspecified atom stereocenters. The van der Waals surface area contributed by atoms with E-state index in [-0.39, 0.29) is 31.6 Å². The molecule has 5 atom stereocenters. The van der Waals surface area contributed by atoms with Gasteiger partial charge in [0.25, 0.3) is 5.91 Å². The Balaban J connectivity index is 1.17. The maximum absolute atomic E-state index is 13.6. The van der Waals surface area contributed by atoms with E-state index in [2.05, 4.69) is 10.6 Å². The Morgan fingerprint density at radius 1 is 0.923 bits per heavy atom. The molecular formula is C38H43N3O10S. The molecule has 52 heavy (non-hydrogen) atoms. The zero-order chi connectivity index (χ0) is 37.3. The lowest BCUT2D eigenvalue weighted by Crippen LogP contribution is -2.76. The number of esters is 1. The van der Waals surface area contributed by atoms with Gasteiger partial charge in [0.2, 0.25) is 12.1 Å². The second kappa shape index (κ2) is 17.4. The van der Waals surface area contributed by atoms with E-state index in [1.807, 2.05) is 66.7 Å². The van der Waals surface area contributed by atoms with Crippen LogP contribution in [0.3, 0.4) is 0 Å². The Bertz CT molecular complexity index is 1650. The zero-order valence-electron chi connectivity index (χ0n) is 29.1. The molecule has 2 fully saturated rings. The van der Waals surface area contributed by atoms with Crippen molar-refractivity contribution in [2.45, 2.75) is 88.1 Å². The molecule has 0 spiro atoms. The summed E-state index contributed by atoms with van der Waals surface area (Å²) in [6, 6.07) is 25.3. The maximum atomic E-state index is 13.6. The molecule has 0 saturated carbocycles. The minimum atomic E-state index is -1.27. The summed E-state index contributed by atoms with van der Waals surface area (Å²) in [4.78, 5) is 66.2. The van der Waals surface area contributed by atoms with Gasteiger partial charge in [-0.25, -0.2) is 14.4 Å². The Labute approximate surface area is 306 Å². The minimum Gasteiger partial charge on any atom is -0.451 e. The van der Waals surface area contributed by atoms with Crippen LogP contribution < -0.4 is 10.6 Å². The first-order chi connectivity index (χ1) is 24.9. The van der Waals surface area contributed by atoms with E-state index in [9.17, 15) is 29.1 Å². The van der Waals surface area contributed by atoms with Crippen LogP contribution in [0.2, 0.25) is 0 Å². The number of β-lactam (4-membered cyclic amide) rings is 1. The van der Waals surface area contributed by atoms with Crippen LogP contribution in [0, 0.1) is 0 Å². The number of benzene rings is 3. The fourth-order valence-corrected chi connectivity index (χ4v) is 7.03. The summed E-state index contributed by atoms with van der Waals surface area (Å²) in [7, 11) is 0. The number of hydrogen-bond donors (Lipinski definition) is 3. The highest BCUT2D eigenvalue weighted by atomic mass is 32.2. The van der Waals surface area contributed by atoms with Gasteiger partial charge >= 0.3 is 18.2 Å². The normalized spacial score (nSPS) is 20.1. The van der Waals surface area contributed by atoms with E-state index in [1.54, 1.807) is 45.0 Å². The molecule has 3 amide bonds. The van der Waals surface area contributed by atoms with Crippen molar-refractivity contribution in [3.63, 3.8) is 0 Å². The van der Waals surface area contributed by atoms with Gasteiger partial charge in [-0.15, -0.1) is 11.8 Å². The second-order valence-electron chi connectivity index (χ2n) is 13.3. The second-order valence-corrected chi connectivity index (χ2v) is 14.5. The first-order valence-electron chi connectivity index (χ1n) is 17.0. The number of amides is 3. The monoisotopic (exact) mass is 733 g/mol. The summed E-state index contributed by atoms with van der Waals surface area (Å²) in [6.07, 6.45) is -4.89. The van der Waals surface area contributed by atoms with E-state index < -0.39 is 71.5 Å². The van der Waals surface area contributed by atoms with Gasteiger partial charge < -0.3 is 34.7 Å². The molecule has 13 nitrogen and oxygen atoms in total. The fourth-order valence-electron chi connectivity index (χ4n) is 5.71. The van der Waals surface area contributed by atoms with Crippen LogP contribution in [0.1, 0.15) is 62.8 Å². The smallest absolute Gasteiger partial charge is 0.451 e. The first-order valence-corrected chi connectivity index (χ1v) is 18.0. The highest BCUT2D eigenvalue weighted by molar-refractivity contribution is 8.00. The number of hydrogen-bond acceptors (Lipinski definition) is 11. The summed E-state index contributed by atoms with van der Waals surface area (Å²) in [6.45, 7) is 5.06. The van der Waals surface area contributed by atoms with Crippen molar-refractivity contribution in [2.24, 2.45) is 0 Å². The van der Waals surface area contributed by atoms with Gasteiger partial charge in [-0.2, -0.15) is 0 Å². The lowest BCUT2D eigenvalue weighted by molar-refractivity contribution is -0.178. The highest BCUT2D eigenvalue weighted by Crippen LogP contribution is 2.39. The van der Waals surface area contributed by atoms with Crippen molar-refractivity contribution in [3.8, 4) is 0 Å². The predicted molar refractivity (Wildman–Crippen MR) is 190 cm³/mol. The van der Waals surface area contributed by atoms with Crippen molar-refractivity contribution < 1.29 is 48.0 Å². The lowest BCUT2D eigenvalue weighted by atomic mass is 10.0. The molecule has 0 aromatic heterocycles. The van der Waals surface area contributed by atoms with E-state index in [1.165, 1.54) is 16.7 Å². The number of alkyl carbamates (subject to hydrolysis) is 1. The van der Waals surface area contributed by atoms with Crippen LogP contribution in [0.4, 0.5) is 9.59 Å². The van der Waals surface area contributed by atoms with Crippen LogP contribution in [0.15, 0.2) is 91.0 Å². The fraction of sp³-hybridized carbons (Fsp3) is 0.395. The van der Waals surface area contributed by atoms with Crippen LogP contribution in [0.25, 0.3) is 0 Å². The number of carbonyl (C=O) groups excluding carboxylic acids is 5. The van der Waals surface area contributed by atoms with Crippen LogP contribution in [-0.2, 0) is 39.9 Å². The third-order valence-electron chi connectivity index (χ3n) is 8.16. The average molecular weight is 734 g/mol. The molecule has 0 radical (unpaired) electrons. The van der Waals surface area contributed by atoms with Crippen LogP contribution >= 0.6 is 11.8 Å². The number of aliphatic hydroxyl groups is 1. The number of carbonyl (C=O) groups is 5. The lowest BCUT2D eigenvalue weighted by Gasteiger charge is -2.53. The number of fused-ring (bicyclic) bond motifs is 1. The Kier molecular flexibility index (Phi) is 12.8. The molecule has 276 valence electrons. The van der Waals surface area contributed by atoms with E-state index in [4.69, 9.17) is 18.9 Å². The van der Waals surface area contributed by atoms with Gasteiger partial charge in [-0.05, 0) is 50.3 Å². The van der Waals surface area contributed by atoms with Crippen LogP contribution in [0.5, 0.6) is 0 Å². The van der Waals surface area contributed by atoms with Crippen molar-refractivity contribution in [1.29, 1.82) is 0 Å². The van der Waals surface area contributed by atoms with Gasteiger partial charge in [-0.3, -0.25) is 14.5 Å². The third-order valence-corrected chi connectivity index (χ3v) is 9.54. The molecule has 2 heterocycles. The number of nitrogens with one attached hydrogen (secondary N) is 2. The molecule has 3 aromatic carbocycles. The molecular weight excluding hydrogens is 690 g/mol. The van der Waals surface area contributed by atoms with Crippen molar-refractivity contribution in [1.82, 2.24) is 15.5 Å². The summed E-state index contributed by atoms with van der Waals surface area (Å²) in [5.41, 5.74) is 1.40. The standard InChI is InChI=1S/C38H43N3O10S/c1-38(2,3)51-36(46)39-27(35(45)49-31(25-16-9-5-10-17-25)26-18-11-6-12-19-26)20-13-21-29(43)40-30-32(44)41-33(28(42)23-52-34(30)41)50-37(47)48-22-24-14-7-4-8-15-24/h4-12,14-19,27-28,30-31,33-34,42H,13,20-23H2,1-3H3,(H,39,46)(H,40,43)/t27?,28?,30-,33?,34+/m1/s1. The van der Waals surface area contributed by atoms with Gasteiger partial charge in [0, 0.05) is 12.2 Å². The summed E-state index contributed by atoms with van der Waals surface area (Å²) in [5.74, 6) is -1.53. The molecule has 2 aliphatic rings. The Morgan fingerprint density at radius 3 is 2.12 bits per heavy atom. The summed E-state index contributed by atoms with van der Waals surface area (Å²) >= 11 is 1.25.